The van der Waals surface area contributed by atoms with Gasteiger partial charge in [-0.05, 0) is 56.2 Å². The molecule has 5 rings (SSSR count). The van der Waals surface area contributed by atoms with E-state index in [1.54, 1.807) is 0 Å². The molecule has 1 unspecified atom stereocenters. The standard InChI is InChI=1S/C24H33N3O2/c28-22(19-6-2-3-7-19)26-16-10-20(11-17-26)27-21(18-8-14-25-15-9-18)24(23(27)29)12-4-1-5-13-24/h8-9,14-15,19-21H,1-7,10-13,16-17H2. The molecule has 0 radical (unpaired) electrons. The third kappa shape index (κ3) is 3.17. The van der Waals surface area contributed by atoms with Crippen molar-refractivity contribution in [2.24, 2.45) is 11.3 Å². The molecule has 4 fully saturated rings. The van der Waals surface area contributed by atoms with Crippen LogP contribution in [0, 0.1) is 11.3 Å². The molecule has 156 valence electrons. The maximum atomic E-state index is 13.5. The minimum Gasteiger partial charge on any atom is -0.342 e. The van der Waals surface area contributed by atoms with Gasteiger partial charge in [-0.2, -0.15) is 0 Å². The molecule has 2 aliphatic heterocycles. The van der Waals surface area contributed by atoms with Gasteiger partial charge in [-0.3, -0.25) is 14.6 Å². The number of amides is 2. The van der Waals surface area contributed by atoms with Crippen LogP contribution in [-0.2, 0) is 9.59 Å². The van der Waals surface area contributed by atoms with Crippen molar-refractivity contribution in [3.05, 3.63) is 30.1 Å². The Kier molecular flexibility index (Phi) is 5.09. The Labute approximate surface area is 173 Å². The van der Waals surface area contributed by atoms with Crippen LogP contribution < -0.4 is 0 Å². The Balaban J connectivity index is 1.31. The monoisotopic (exact) mass is 395 g/mol. The minimum atomic E-state index is -0.184. The summed E-state index contributed by atoms with van der Waals surface area (Å²) < 4.78 is 0. The van der Waals surface area contributed by atoms with E-state index in [4.69, 9.17) is 0 Å². The lowest BCUT2D eigenvalue weighted by Crippen LogP contribution is -2.67. The smallest absolute Gasteiger partial charge is 0.232 e. The van der Waals surface area contributed by atoms with E-state index < -0.39 is 0 Å². The number of nitrogens with zero attached hydrogens (tertiary/aromatic N) is 3. The summed E-state index contributed by atoms with van der Waals surface area (Å²) in [7, 11) is 0. The Hall–Kier alpha value is -1.91. The van der Waals surface area contributed by atoms with Gasteiger partial charge in [0, 0.05) is 37.4 Å². The molecule has 4 aliphatic rings. The average Bonchev–Trinajstić information content (AvgIpc) is 3.33. The Bertz CT molecular complexity index is 745. The number of hydrogen-bond donors (Lipinski definition) is 0. The molecule has 2 amide bonds. The quantitative estimate of drug-likeness (QED) is 0.724. The second-order valence-electron chi connectivity index (χ2n) is 9.65. The summed E-state index contributed by atoms with van der Waals surface area (Å²) >= 11 is 0. The highest BCUT2D eigenvalue weighted by molar-refractivity contribution is 5.91. The van der Waals surface area contributed by atoms with E-state index in [2.05, 4.69) is 26.9 Å². The van der Waals surface area contributed by atoms with Crippen LogP contribution in [0.3, 0.4) is 0 Å². The number of rotatable bonds is 3. The number of carbonyl (C=O) groups excluding carboxylic acids is 2. The topological polar surface area (TPSA) is 53.5 Å². The van der Waals surface area contributed by atoms with Crippen LogP contribution in [0.25, 0.3) is 0 Å². The lowest BCUT2D eigenvalue weighted by Gasteiger charge is -2.61. The van der Waals surface area contributed by atoms with Crippen molar-refractivity contribution in [2.75, 3.05) is 13.1 Å². The summed E-state index contributed by atoms with van der Waals surface area (Å²) in [6.07, 6.45) is 15.7. The maximum absolute atomic E-state index is 13.5. The van der Waals surface area contributed by atoms with Crippen molar-refractivity contribution in [2.45, 2.75) is 82.7 Å². The first-order valence-corrected chi connectivity index (χ1v) is 11.7. The van der Waals surface area contributed by atoms with Crippen LogP contribution in [0.2, 0.25) is 0 Å². The van der Waals surface area contributed by atoms with Crippen molar-refractivity contribution in [3.8, 4) is 0 Å². The molecule has 0 aromatic carbocycles. The van der Waals surface area contributed by atoms with E-state index >= 15 is 0 Å². The zero-order valence-corrected chi connectivity index (χ0v) is 17.4. The summed E-state index contributed by atoms with van der Waals surface area (Å²) in [6, 6.07) is 4.65. The molecular formula is C24H33N3O2. The van der Waals surface area contributed by atoms with E-state index in [-0.39, 0.29) is 23.4 Å². The van der Waals surface area contributed by atoms with E-state index in [0.29, 0.717) is 11.8 Å². The molecule has 0 N–H and O–H groups in total. The molecule has 2 saturated carbocycles. The highest BCUT2D eigenvalue weighted by Gasteiger charge is 2.62. The van der Waals surface area contributed by atoms with E-state index in [9.17, 15) is 9.59 Å². The lowest BCUT2D eigenvalue weighted by atomic mass is 9.59. The molecule has 2 aliphatic carbocycles. The van der Waals surface area contributed by atoms with E-state index in [0.717, 1.165) is 64.5 Å². The second-order valence-corrected chi connectivity index (χ2v) is 9.65. The predicted molar refractivity (Wildman–Crippen MR) is 111 cm³/mol. The highest BCUT2D eigenvalue weighted by Crippen LogP contribution is 2.59. The third-order valence-electron chi connectivity index (χ3n) is 8.10. The number of aromatic nitrogens is 1. The summed E-state index contributed by atoms with van der Waals surface area (Å²) in [5.74, 6) is 0.997. The molecule has 1 spiro atoms. The van der Waals surface area contributed by atoms with Gasteiger partial charge >= 0.3 is 0 Å². The second kappa shape index (κ2) is 7.73. The fraction of sp³-hybridized carbons (Fsp3) is 0.708. The van der Waals surface area contributed by atoms with Gasteiger partial charge < -0.3 is 9.80 Å². The van der Waals surface area contributed by atoms with Gasteiger partial charge in [0.1, 0.15) is 0 Å². The van der Waals surface area contributed by atoms with Crippen molar-refractivity contribution in [1.82, 2.24) is 14.8 Å². The van der Waals surface area contributed by atoms with Gasteiger partial charge in [0.15, 0.2) is 0 Å². The maximum Gasteiger partial charge on any atom is 0.232 e. The van der Waals surface area contributed by atoms with Crippen molar-refractivity contribution >= 4 is 11.8 Å². The number of piperidine rings is 1. The Morgan fingerprint density at radius 1 is 0.931 bits per heavy atom. The normalized spacial score (nSPS) is 28.0. The Morgan fingerprint density at radius 2 is 1.59 bits per heavy atom. The number of β-lactam (4-membered cyclic amide) rings is 1. The summed E-state index contributed by atoms with van der Waals surface area (Å²) in [5.41, 5.74) is 1.06. The molecular weight excluding hydrogens is 362 g/mol. The molecule has 0 bridgehead atoms. The average molecular weight is 396 g/mol. The SMILES string of the molecule is O=C(C1CCCC1)N1CCC(N2C(=O)C3(CCCCC3)C2c2ccncc2)CC1. The predicted octanol–water partition coefficient (Wildman–Crippen LogP) is 4.10. The molecule has 2 saturated heterocycles. The van der Waals surface area contributed by atoms with Gasteiger partial charge in [0.25, 0.3) is 0 Å². The van der Waals surface area contributed by atoms with Crippen LogP contribution in [0.5, 0.6) is 0 Å². The van der Waals surface area contributed by atoms with Crippen molar-refractivity contribution in [3.63, 3.8) is 0 Å². The first-order valence-electron chi connectivity index (χ1n) is 11.7. The zero-order chi connectivity index (χ0) is 19.8. The zero-order valence-electron chi connectivity index (χ0n) is 17.4. The van der Waals surface area contributed by atoms with Gasteiger partial charge in [0.2, 0.25) is 11.8 Å². The van der Waals surface area contributed by atoms with Gasteiger partial charge in [-0.15, -0.1) is 0 Å². The molecule has 1 atom stereocenters. The molecule has 5 heteroatoms. The first-order chi connectivity index (χ1) is 14.2. The molecule has 29 heavy (non-hydrogen) atoms. The van der Waals surface area contributed by atoms with Crippen LogP contribution in [0.1, 0.15) is 82.2 Å². The summed E-state index contributed by atoms with van der Waals surface area (Å²) in [4.78, 5) is 34.7. The number of hydrogen-bond acceptors (Lipinski definition) is 3. The lowest BCUT2D eigenvalue weighted by molar-refractivity contribution is -0.187. The van der Waals surface area contributed by atoms with Crippen LogP contribution in [-0.4, -0.2) is 45.7 Å². The number of pyridine rings is 1. The number of carbonyl (C=O) groups is 2. The van der Waals surface area contributed by atoms with E-state index in [1.165, 1.54) is 24.8 Å². The number of likely N-dealkylation sites (tertiary alicyclic amines) is 2. The minimum absolute atomic E-state index is 0.184. The van der Waals surface area contributed by atoms with Crippen LogP contribution in [0.15, 0.2) is 24.5 Å². The van der Waals surface area contributed by atoms with Gasteiger partial charge in [-0.25, -0.2) is 0 Å². The summed E-state index contributed by atoms with van der Waals surface area (Å²) in [6.45, 7) is 1.61. The highest BCUT2D eigenvalue weighted by atomic mass is 16.2. The molecule has 5 nitrogen and oxygen atoms in total. The fourth-order valence-electron chi connectivity index (χ4n) is 6.56. The Morgan fingerprint density at radius 3 is 2.24 bits per heavy atom. The van der Waals surface area contributed by atoms with Crippen LogP contribution in [0.4, 0.5) is 0 Å². The molecule has 1 aromatic rings. The summed E-state index contributed by atoms with van der Waals surface area (Å²) in [5, 5.41) is 0. The van der Waals surface area contributed by atoms with Crippen LogP contribution >= 0.6 is 0 Å². The fourth-order valence-corrected chi connectivity index (χ4v) is 6.56. The van der Waals surface area contributed by atoms with Crippen molar-refractivity contribution in [1.29, 1.82) is 0 Å². The van der Waals surface area contributed by atoms with E-state index in [1.807, 2.05) is 12.4 Å². The van der Waals surface area contributed by atoms with Gasteiger partial charge in [0.05, 0.1) is 11.5 Å². The third-order valence-corrected chi connectivity index (χ3v) is 8.10. The van der Waals surface area contributed by atoms with Gasteiger partial charge in [-0.1, -0.05) is 32.1 Å². The molecule has 1 aromatic heterocycles. The molecule has 3 heterocycles. The first kappa shape index (κ1) is 19.1. The largest absolute Gasteiger partial charge is 0.342 e. The van der Waals surface area contributed by atoms with Crippen molar-refractivity contribution < 1.29 is 9.59 Å².